The Bertz CT molecular complexity index is 3790. The van der Waals surface area contributed by atoms with Gasteiger partial charge < -0.3 is 20.0 Å². The number of aromatic amines is 1. The largest absolute Gasteiger partial charge is 0.396 e. The number of amides is 1. The second-order valence-electron chi connectivity index (χ2n) is 44.0. The van der Waals surface area contributed by atoms with Crippen molar-refractivity contribution in [2.75, 3.05) is 35.1 Å². The highest BCUT2D eigenvalue weighted by Crippen LogP contribution is 2.29. The molecule has 0 aliphatic heterocycles. The molecule has 3 N–H and O–H groups in total. The summed E-state index contributed by atoms with van der Waals surface area (Å²) in [5.41, 5.74) is 18.6. The fraction of sp³-hybridized carbons (Fsp3) is 0.482. The van der Waals surface area contributed by atoms with E-state index in [0.29, 0.717) is 73.3 Å². The maximum absolute atomic E-state index is 9.70. The number of aliphatic hydroxyl groups excluding tert-OH is 1. The molecule has 8 nitrogen and oxygen atoms in total. The first-order chi connectivity index (χ1) is 68.3. The Labute approximate surface area is 917 Å². The lowest BCUT2D eigenvalue weighted by Crippen LogP contribution is -2.11. The maximum Gasteiger partial charge on any atom is 0.216 e. The third kappa shape index (κ3) is 104. The van der Waals surface area contributed by atoms with Gasteiger partial charge in [-0.1, -0.05) is 646 Å². The average molecular weight is 2040 g/mol. The third-order valence-electron chi connectivity index (χ3n) is 19.1. The molecule has 148 heavy (non-hydrogen) atoms. The van der Waals surface area contributed by atoms with E-state index in [0.717, 1.165) is 12.2 Å². The van der Waals surface area contributed by atoms with E-state index in [1.807, 2.05) is 83.1 Å². The van der Waals surface area contributed by atoms with Crippen molar-refractivity contribution in [1.29, 1.82) is 0 Å². The van der Waals surface area contributed by atoms with Gasteiger partial charge in [-0.05, 0) is 155 Å². The molecule has 0 aliphatic carbocycles. The topological polar surface area (TPSA) is 117 Å². The van der Waals surface area contributed by atoms with Crippen molar-refractivity contribution in [3.63, 3.8) is 0 Å². The van der Waals surface area contributed by atoms with Gasteiger partial charge in [0, 0.05) is 34.8 Å². The summed E-state index contributed by atoms with van der Waals surface area (Å²) in [5.74, 6) is 3.28. The van der Waals surface area contributed by atoms with Gasteiger partial charge in [-0.25, -0.2) is 4.98 Å². The lowest BCUT2D eigenvalue weighted by atomic mass is 9.87. The number of carbonyl (C=O) groups is 2. The number of nitrogens with one attached hydrogen (secondary N) is 2. The summed E-state index contributed by atoms with van der Waals surface area (Å²) in [6, 6.07) is 116. The molecule has 834 valence electrons. The number of ether oxygens (including phenoxy) is 1. The van der Waals surface area contributed by atoms with Crippen LogP contribution in [-0.2, 0) is 73.9 Å². The second kappa shape index (κ2) is 95.7. The minimum Gasteiger partial charge on any atom is -0.396 e. The molecule has 12 rings (SSSR count). The lowest BCUT2D eigenvalue weighted by molar-refractivity contribution is -0.118. The quantitative estimate of drug-likeness (QED) is 0.141. The van der Waals surface area contributed by atoms with Crippen LogP contribution in [0, 0.1) is 19.3 Å². The number of aryl methyl sites for hydroxylation is 1. The van der Waals surface area contributed by atoms with Crippen molar-refractivity contribution in [2.24, 2.45) is 0 Å². The minimum absolute atomic E-state index is 0. The summed E-state index contributed by atoms with van der Waals surface area (Å²) in [7, 11) is 5.35. The van der Waals surface area contributed by atoms with Crippen molar-refractivity contribution >= 4 is 11.7 Å². The minimum atomic E-state index is 0. The highest BCUT2D eigenvalue weighted by atomic mass is 19.1. The first-order valence-corrected chi connectivity index (χ1v) is 53.1. The van der Waals surface area contributed by atoms with E-state index in [1.165, 1.54) is 88.3 Å². The molecular formula is C139H227FN4O4. The van der Waals surface area contributed by atoms with Crippen molar-refractivity contribution in [1.82, 2.24) is 20.5 Å². The molecule has 0 unspecified atom stereocenters. The van der Waals surface area contributed by atoms with E-state index in [4.69, 9.17) is 5.11 Å². The Kier molecular flexibility index (Phi) is 105. The summed E-state index contributed by atoms with van der Waals surface area (Å²) in [5, 5.41) is 16.5. The number of aliphatic hydroxyl groups is 1. The summed E-state index contributed by atoms with van der Waals surface area (Å²) in [4.78, 5) is 22.9. The second-order valence-corrected chi connectivity index (χ2v) is 44.0. The molecule has 12 aromatic rings. The number of halogens is 1. The van der Waals surface area contributed by atoms with Crippen LogP contribution in [0.25, 0.3) is 0 Å². The molecule has 0 radical (unpaired) electrons. The number of ketones is 1. The Morgan fingerprint density at radius 2 is 0.378 bits per heavy atom. The number of hydrogen-bond acceptors (Lipinski definition) is 6. The number of aromatic nitrogens is 3. The van der Waals surface area contributed by atoms with Crippen LogP contribution in [0.3, 0.4) is 0 Å². The van der Waals surface area contributed by atoms with E-state index in [-0.39, 0.29) is 19.1 Å². The number of carbonyl (C=O) groups excluding carboxylic acids is 2. The molecule has 1 heterocycles. The summed E-state index contributed by atoms with van der Waals surface area (Å²) in [6.45, 7) is 104. The molecule has 11 aromatic carbocycles. The lowest BCUT2D eigenvalue weighted by Gasteiger charge is -2.18. The van der Waals surface area contributed by atoms with Gasteiger partial charge in [0.05, 0.1) is 7.18 Å². The molecule has 0 saturated heterocycles. The Morgan fingerprint density at radius 3 is 0.405 bits per heavy atom. The van der Waals surface area contributed by atoms with Gasteiger partial charge in [-0.2, -0.15) is 5.10 Å². The smallest absolute Gasteiger partial charge is 0.216 e. The number of rotatable bonds is 1. The number of H-pyrrole nitrogens is 1. The fourth-order valence-corrected chi connectivity index (χ4v) is 10.6. The molecular weight excluding hydrogens is 1810 g/mol. The van der Waals surface area contributed by atoms with Crippen LogP contribution < -0.4 is 5.32 Å². The van der Waals surface area contributed by atoms with Crippen LogP contribution in [0.2, 0.25) is 0 Å². The first kappa shape index (κ1) is 162. The van der Waals surface area contributed by atoms with Crippen molar-refractivity contribution in [3.05, 3.63) is 407 Å². The Hall–Kier alpha value is -10.9. The molecule has 9 heteroatoms. The number of methoxy groups -OCH3 is 1. The highest BCUT2D eigenvalue weighted by Gasteiger charge is 2.19. The van der Waals surface area contributed by atoms with E-state index >= 15 is 0 Å². The predicted octanol–water partition coefficient (Wildman–Crippen LogP) is 40.9. The third-order valence-corrected chi connectivity index (χ3v) is 19.1. The molecule has 0 saturated carbocycles. The average Bonchev–Trinajstić information content (AvgIpc) is 1.88. The molecule has 0 spiro atoms. The molecule has 1 aromatic heterocycles. The van der Waals surface area contributed by atoms with Gasteiger partial charge in [0.1, 0.15) is 17.9 Å². The SMILES string of the molecule is C.C#CC.CC.CC.CC.CC.CC.CC(C)(C)c1ccccc1.CC(C)(C)c1ccccc1.CC(C)(C)c1ccccc1.CC(C)(C)c1ccccc1.CC(C)(C)c1ccccc1.CC(C)(C)c1ccccc1.CC(C)(C)c1ccccc1.CC(C)(C)c1ccccc1.CC(C)(C)c1ccccc1.CC(C)(C)c1ccccc1.CC(C)(C)c1ccccc1.CC(C)=O.CCCO.CF.CNC(C)=O.COC.Cc1ncn[nH]1. The standard InChI is InChI=1S/11C10H14.C3H5N3.C3H7NO.C3H6O.C3H8O.C3H4.C2H6O.5C2H6.CH3F.CH4/c11*1-10(2,3)9-7-5-4-6-8-9;1-3-4-2-5-6-3;1-3(5)4-2;1-3(2)4;1-2-3-4;2*1-3-2;6*1-2;/h11*4-8H,1-3H3;2H,1H3,(H,4,5,6);1-2H3,(H,4,5);1-2H3;4H,2-3H2,1H3;1H,2H3;1-2H3;5*1-2H3;1H3;1H4. The number of terminal acetylenes is 1. The number of alkyl halides is 1. The Morgan fingerprint density at radius 1 is 0.297 bits per heavy atom. The number of Topliss-reactive ketones (excluding diaryl/α,β-unsaturated/α-hetero) is 1. The first-order valence-electron chi connectivity index (χ1n) is 53.1. The van der Waals surface area contributed by atoms with E-state index < -0.39 is 0 Å². The van der Waals surface area contributed by atoms with E-state index in [9.17, 15) is 14.0 Å². The van der Waals surface area contributed by atoms with Crippen LogP contribution in [-0.4, -0.2) is 67.0 Å². The van der Waals surface area contributed by atoms with Crippen LogP contribution in [0.5, 0.6) is 0 Å². The fourth-order valence-electron chi connectivity index (χ4n) is 10.6. The summed E-state index contributed by atoms with van der Waals surface area (Å²) in [6.07, 6.45) is 6.95. The molecule has 0 atom stereocenters. The maximum atomic E-state index is 9.70. The van der Waals surface area contributed by atoms with Crippen molar-refractivity contribution < 1.29 is 23.8 Å². The Balaban J connectivity index is -0.000000133. The van der Waals surface area contributed by atoms with Gasteiger partial charge in [-0.15, -0.1) is 12.3 Å². The van der Waals surface area contributed by atoms with Gasteiger partial charge in [0.2, 0.25) is 5.91 Å². The zero-order chi connectivity index (χ0) is 117. The molecule has 1 amide bonds. The monoisotopic (exact) mass is 2040 g/mol. The van der Waals surface area contributed by atoms with Crippen LogP contribution in [0.15, 0.2) is 340 Å². The number of benzene rings is 11. The zero-order valence-electron chi connectivity index (χ0n) is 104. The number of hydrogen-bond donors (Lipinski definition) is 3. The van der Waals surface area contributed by atoms with Gasteiger partial charge in [-0.3, -0.25) is 14.3 Å². The van der Waals surface area contributed by atoms with Crippen LogP contribution in [0.4, 0.5) is 4.39 Å². The van der Waals surface area contributed by atoms with Crippen LogP contribution >= 0.6 is 0 Å². The zero-order valence-corrected chi connectivity index (χ0v) is 104. The van der Waals surface area contributed by atoms with E-state index in [2.05, 4.69) is 600 Å². The van der Waals surface area contributed by atoms with Gasteiger partial charge in [0.15, 0.2) is 0 Å². The van der Waals surface area contributed by atoms with Crippen LogP contribution in [0.1, 0.15) is 413 Å². The summed E-state index contributed by atoms with van der Waals surface area (Å²) < 4.78 is 13.8. The van der Waals surface area contributed by atoms with Gasteiger partial charge >= 0.3 is 0 Å². The highest BCUT2D eigenvalue weighted by molar-refractivity contribution is 5.72. The molecule has 0 aliphatic rings. The predicted molar refractivity (Wildman–Crippen MR) is 669 cm³/mol. The van der Waals surface area contributed by atoms with Crippen molar-refractivity contribution in [3.8, 4) is 12.3 Å². The van der Waals surface area contributed by atoms with E-state index in [1.54, 1.807) is 28.2 Å². The normalized spacial score (nSPS) is 9.93. The number of nitrogens with zero attached hydrogens (tertiary/aromatic N) is 2. The van der Waals surface area contributed by atoms with Crippen molar-refractivity contribution in [2.45, 2.75) is 413 Å². The summed E-state index contributed by atoms with van der Waals surface area (Å²) >= 11 is 0. The molecule has 0 fully saturated rings. The molecule has 0 bridgehead atoms. The van der Waals surface area contributed by atoms with Gasteiger partial charge in [0.25, 0.3) is 0 Å².